The molecule has 0 bridgehead atoms. The number of hydrogen-bond donors (Lipinski definition) is 0. The molecule has 2 heterocycles. The molecular weight excluding hydrogens is 302 g/mol. The third kappa shape index (κ3) is 2.65. The summed E-state index contributed by atoms with van der Waals surface area (Å²) in [4.78, 5) is 4.42. The summed E-state index contributed by atoms with van der Waals surface area (Å²) in [5, 5.41) is 0.0807. The number of rotatable bonds is 3. The third-order valence-corrected chi connectivity index (χ3v) is 4.18. The molecule has 3 rings (SSSR count). The fraction of sp³-hybridized carbons (Fsp3) is 0.500. The number of halogens is 3. The summed E-state index contributed by atoms with van der Waals surface area (Å²) in [5.74, 6) is 0.559. The van der Waals surface area contributed by atoms with Gasteiger partial charge in [0.2, 0.25) is 0 Å². The van der Waals surface area contributed by atoms with Gasteiger partial charge in [0.1, 0.15) is 11.6 Å². The van der Waals surface area contributed by atoms with Crippen molar-refractivity contribution in [2.24, 2.45) is 0 Å². The number of nitrogens with zero attached hydrogens (tertiary/aromatic N) is 2. The van der Waals surface area contributed by atoms with Crippen molar-refractivity contribution in [1.29, 1.82) is 0 Å². The maximum atomic E-state index is 13.7. The normalized spacial score (nSPS) is 19.6. The lowest BCUT2D eigenvalue weighted by Gasteiger charge is -2.23. The van der Waals surface area contributed by atoms with E-state index in [0.29, 0.717) is 12.1 Å². The summed E-state index contributed by atoms with van der Waals surface area (Å²) in [7, 11) is 0. The fourth-order valence-electron chi connectivity index (χ4n) is 2.63. The standard InChI is InChI=1S/C14H15Cl2FN2O/c15-7-14-18-12-5-10(16)11(17)6-13(12)19(14)8-9-3-1-2-4-20-9/h5-6,9H,1-4,7-8H2. The Bertz CT molecular complexity index is 623. The van der Waals surface area contributed by atoms with Gasteiger partial charge in [-0.3, -0.25) is 0 Å². The molecule has 1 aromatic carbocycles. The SMILES string of the molecule is Fc1cc2c(cc1Cl)nc(CCl)n2CC1CCCCO1. The number of benzene rings is 1. The molecule has 0 N–H and O–H groups in total. The Balaban J connectivity index is 2.00. The molecule has 0 amide bonds. The first-order chi connectivity index (χ1) is 9.69. The van der Waals surface area contributed by atoms with E-state index in [1.165, 1.54) is 6.07 Å². The summed E-state index contributed by atoms with van der Waals surface area (Å²) in [5.41, 5.74) is 1.39. The maximum Gasteiger partial charge on any atom is 0.144 e. The molecule has 1 aliphatic heterocycles. The van der Waals surface area contributed by atoms with Crippen molar-refractivity contribution >= 4 is 34.2 Å². The Kier molecular flexibility index (Phi) is 4.15. The number of alkyl halides is 1. The fourth-order valence-corrected chi connectivity index (χ4v) is 2.99. The van der Waals surface area contributed by atoms with Crippen molar-refractivity contribution in [2.75, 3.05) is 6.61 Å². The molecule has 1 fully saturated rings. The van der Waals surface area contributed by atoms with Gasteiger partial charge in [0, 0.05) is 12.7 Å². The zero-order chi connectivity index (χ0) is 14.1. The summed E-state index contributed by atoms with van der Waals surface area (Å²) >= 11 is 11.8. The predicted octanol–water partition coefficient (Wildman–Crippen LogP) is 4.14. The van der Waals surface area contributed by atoms with Crippen molar-refractivity contribution in [2.45, 2.75) is 37.8 Å². The summed E-state index contributed by atoms with van der Waals surface area (Å²) in [6.07, 6.45) is 3.42. The minimum absolute atomic E-state index is 0.0807. The van der Waals surface area contributed by atoms with Gasteiger partial charge in [-0.2, -0.15) is 0 Å². The lowest BCUT2D eigenvalue weighted by Crippen LogP contribution is -2.25. The molecule has 1 saturated heterocycles. The van der Waals surface area contributed by atoms with Crippen molar-refractivity contribution in [3.63, 3.8) is 0 Å². The van der Waals surface area contributed by atoms with E-state index in [2.05, 4.69) is 4.98 Å². The highest BCUT2D eigenvalue weighted by Gasteiger charge is 2.19. The Morgan fingerprint density at radius 3 is 2.95 bits per heavy atom. The van der Waals surface area contributed by atoms with Crippen molar-refractivity contribution in [3.05, 3.63) is 28.8 Å². The second-order valence-electron chi connectivity index (χ2n) is 5.02. The zero-order valence-corrected chi connectivity index (χ0v) is 12.4. The van der Waals surface area contributed by atoms with Gasteiger partial charge < -0.3 is 9.30 Å². The van der Waals surface area contributed by atoms with Crippen molar-refractivity contribution in [1.82, 2.24) is 9.55 Å². The Labute approximate surface area is 126 Å². The minimum atomic E-state index is -0.439. The smallest absolute Gasteiger partial charge is 0.144 e. The van der Waals surface area contributed by atoms with Gasteiger partial charge in [-0.1, -0.05) is 11.6 Å². The van der Waals surface area contributed by atoms with Crippen LogP contribution in [0.2, 0.25) is 5.02 Å². The molecular formula is C14H15Cl2FN2O. The summed E-state index contributed by atoms with van der Waals surface area (Å²) in [6, 6.07) is 2.96. The van der Waals surface area contributed by atoms with Crippen LogP contribution in [0.25, 0.3) is 11.0 Å². The highest BCUT2D eigenvalue weighted by atomic mass is 35.5. The van der Waals surface area contributed by atoms with Crippen LogP contribution in [-0.2, 0) is 17.2 Å². The third-order valence-electron chi connectivity index (χ3n) is 3.65. The van der Waals surface area contributed by atoms with E-state index in [9.17, 15) is 4.39 Å². The largest absolute Gasteiger partial charge is 0.376 e. The van der Waals surface area contributed by atoms with Crippen LogP contribution in [-0.4, -0.2) is 22.3 Å². The number of hydrogen-bond acceptors (Lipinski definition) is 2. The molecule has 2 aromatic rings. The molecule has 0 radical (unpaired) electrons. The molecule has 1 unspecified atom stereocenters. The second kappa shape index (κ2) is 5.88. The van der Waals surface area contributed by atoms with Crippen molar-refractivity contribution < 1.29 is 9.13 Å². The molecule has 3 nitrogen and oxygen atoms in total. The molecule has 1 atom stereocenters. The van der Waals surface area contributed by atoms with E-state index >= 15 is 0 Å². The van der Waals surface area contributed by atoms with Crippen LogP contribution in [0.15, 0.2) is 12.1 Å². The maximum absolute atomic E-state index is 13.7. The van der Waals surface area contributed by atoms with Gasteiger partial charge in [-0.15, -0.1) is 11.6 Å². The number of aromatic nitrogens is 2. The van der Waals surface area contributed by atoms with Crippen LogP contribution >= 0.6 is 23.2 Å². The molecule has 6 heteroatoms. The quantitative estimate of drug-likeness (QED) is 0.796. The second-order valence-corrected chi connectivity index (χ2v) is 5.69. The van der Waals surface area contributed by atoms with Crippen LogP contribution in [0.5, 0.6) is 0 Å². The zero-order valence-electron chi connectivity index (χ0n) is 10.9. The summed E-state index contributed by atoms with van der Waals surface area (Å²) < 4.78 is 21.4. The lowest BCUT2D eigenvalue weighted by atomic mass is 10.1. The Hall–Kier alpha value is -0.840. The molecule has 1 aromatic heterocycles. The number of fused-ring (bicyclic) bond motifs is 1. The van der Waals surface area contributed by atoms with Crippen LogP contribution in [0.1, 0.15) is 25.1 Å². The molecule has 0 saturated carbocycles. The Morgan fingerprint density at radius 2 is 2.25 bits per heavy atom. The van der Waals surface area contributed by atoms with E-state index in [-0.39, 0.29) is 17.0 Å². The van der Waals surface area contributed by atoms with E-state index in [4.69, 9.17) is 27.9 Å². The summed E-state index contributed by atoms with van der Waals surface area (Å²) in [6.45, 7) is 1.44. The predicted molar refractivity (Wildman–Crippen MR) is 77.8 cm³/mol. The van der Waals surface area contributed by atoms with Crippen LogP contribution in [0.4, 0.5) is 4.39 Å². The monoisotopic (exact) mass is 316 g/mol. The molecule has 0 aliphatic carbocycles. The first-order valence-electron chi connectivity index (χ1n) is 6.71. The average molecular weight is 317 g/mol. The lowest BCUT2D eigenvalue weighted by molar-refractivity contribution is 0.00627. The van der Waals surface area contributed by atoms with Crippen molar-refractivity contribution in [3.8, 4) is 0 Å². The number of ether oxygens (including phenoxy) is 1. The van der Waals surface area contributed by atoms with Crippen LogP contribution in [0.3, 0.4) is 0 Å². The van der Waals surface area contributed by atoms with Gasteiger partial charge in [-0.25, -0.2) is 9.37 Å². The van der Waals surface area contributed by atoms with Gasteiger partial charge in [0.25, 0.3) is 0 Å². The molecule has 0 spiro atoms. The van der Waals surface area contributed by atoms with Gasteiger partial charge in [-0.05, 0) is 25.3 Å². The van der Waals surface area contributed by atoms with E-state index in [1.54, 1.807) is 6.07 Å². The van der Waals surface area contributed by atoms with E-state index < -0.39 is 5.82 Å². The highest BCUT2D eigenvalue weighted by molar-refractivity contribution is 6.31. The minimum Gasteiger partial charge on any atom is -0.376 e. The Morgan fingerprint density at radius 1 is 1.40 bits per heavy atom. The van der Waals surface area contributed by atoms with Gasteiger partial charge >= 0.3 is 0 Å². The van der Waals surface area contributed by atoms with E-state index in [1.807, 2.05) is 4.57 Å². The molecule has 1 aliphatic rings. The number of imidazole rings is 1. The van der Waals surface area contributed by atoms with Gasteiger partial charge in [0.15, 0.2) is 0 Å². The first-order valence-corrected chi connectivity index (χ1v) is 7.62. The topological polar surface area (TPSA) is 27.1 Å². The average Bonchev–Trinajstić information content (AvgIpc) is 2.78. The highest BCUT2D eigenvalue weighted by Crippen LogP contribution is 2.26. The van der Waals surface area contributed by atoms with Crippen LogP contribution in [0, 0.1) is 5.82 Å². The molecule has 20 heavy (non-hydrogen) atoms. The van der Waals surface area contributed by atoms with E-state index in [0.717, 1.165) is 37.2 Å². The molecule has 108 valence electrons. The van der Waals surface area contributed by atoms with Crippen LogP contribution < -0.4 is 0 Å². The first kappa shape index (κ1) is 14.1. The van der Waals surface area contributed by atoms with Gasteiger partial charge in [0.05, 0.1) is 34.6 Å².